The van der Waals surface area contributed by atoms with Crippen LogP contribution in [-0.2, 0) is 9.59 Å². The monoisotopic (exact) mass is 520 g/mol. The van der Waals surface area contributed by atoms with Gasteiger partial charge in [-0.05, 0) is 57.4 Å². The molecule has 10 heteroatoms. The standard InChI is InChI=1S/C28H40N8O2/c1-28-16-23(25(38)33(2)3)36(20-8-5-6-9-20)26(28)32-27(30-19-28)31-24-12-11-21(17-29-24)34(4)14-15-35-13-7-10-22(35)18-37/h11-12,16-18,20,22H,5-10,13-15,19H2,1-4H3,(H,29,30,31). The lowest BCUT2D eigenvalue weighted by molar-refractivity contribution is -0.126. The lowest BCUT2D eigenvalue weighted by Gasteiger charge is -2.35. The van der Waals surface area contributed by atoms with Gasteiger partial charge >= 0.3 is 0 Å². The average molecular weight is 521 g/mol. The molecule has 3 aliphatic heterocycles. The Morgan fingerprint density at radius 2 is 1.97 bits per heavy atom. The number of aromatic nitrogens is 1. The van der Waals surface area contributed by atoms with Crippen LogP contribution in [0.1, 0.15) is 45.4 Å². The van der Waals surface area contributed by atoms with Crippen molar-refractivity contribution in [2.24, 2.45) is 15.4 Å². The summed E-state index contributed by atoms with van der Waals surface area (Å²) in [5.41, 5.74) is 1.34. The van der Waals surface area contributed by atoms with Crippen LogP contribution in [0.5, 0.6) is 0 Å². The van der Waals surface area contributed by atoms with E-state index in [0.29, 0.717) is 24.4 Å². The van der Waals surface area contributed by atoms with Gasteiger partial charge in [0.1, 0.15) is 23.6 Å². The molecule has 1 saturated heterocycles. The molecule has 1 aromatic rings. The van der Waals surface area contributed by atoms with Crippen molar-refractivity contribution >= 4 is 35.5 Å². The molecule has 1 amide bonds. The van der Waals surface area contributed by atoms with Gasteiger partial charge in [0.05, 0.1) is 29.9 Å². The Morgan fingerprint density at radius 3 is 2.66 bits per heavy atom. The third-order valence-corrected chi connectivity index (χ3v) is 8.26. The summed E-state index contributed by atoms with van der Waals surface area (Å²) in [5, 5.41) is 3.29. The minimum Gasteiger partial charge on any atom is -0.372 e. The molecule has 0 radical (unpaired) electrons. The first-order valence-corrected chi connectivity index (χ1v) is 13.8. The highest BCUT2D eigenvalue weighted by atomic mass is 16.2. The molecular weight excluding hydrogens is 480 g/mol. The molecule has 4 heterocycles. The molecule has 2 atom stereocenters. The molecule has 1 aliphatic carbocycles. The van der Waals surface area contributed by atoms with Crippen molar-refractivity contribution in [3.05, 3.63) is 30.1 Å². The number of aliphatic imine (C=N–C) groups is 2. The van der Waals surface area contributed by atoms with Crippen LogP contribution in [0.25, 0.3) is 0 Å². The van der Waals surface area contributed by atoms with Crippen LogP contribution in [0.4, 0.5) is 11.5 Å². The number of aldehydes is 1. The van der Waals surface area contributed by atoms with Gasteiger partial charge in [-0.2, -0.15) is 4.99 Å². The number of nitrogens with one attached hydrogen (secondary N) is 1. The zero-order valence-corrected chi connectivity index (χ0v) is 23.1. The summed E-state index contributed by atoms with van der Waals surface area (Å²) in [7, 11) is 5.64. The predicted molar refractivity (Wildman–Crippen MR) is 151 cm³/mol. The second-order valence-corrected chi connectivity index (χ2v) is 11.4. The second kappa shape index (κ2) is 10.8. The Bertz CT molecular complexity index is 1140. The maximum Gasteiger partial charge on any atom is 0.269 e. The van der Waals surface area contributed by atoms with Crippen LogP contribution >= 0.6 is 0 Å². The molecule has 38 heavy (non-hydrogen) atoms. The highest BCUT2D eigenvalue weighted by Crippen LogP contribution is 2.41. The van der Waals surface area contributed by atoms with E-state index in [2.05, 4.69) is 38.0 Å². The molecule has 10 nitrogen and oxygen atoms in total. The molecule has 0 bridgehead atoms. The molecule has 5 rings (SSSR count). The molecule has 2 fully saturated rings. The SMILES string of the molecule is CN(C)C(=O)C1=CC2(C)CN=C(Nc3ccc(N(C)CCN4CCCC4C=O)cn3)N=C2N1C1CCCC1. The number of carbonyl (C=O) groups is 2. The molecular formula is C28H40N8O2. The van der Waals surface area contributed by atoms with Gasteiger partial charge < -0.3 is 24.8 Å². The van der Waals surface area contributed by atoms with Crippen LogP contribution in [0, 0.1) is 5.41 Å². The minimum absolute atomic E-state index is 0.0116. The zero-order chi connectivity index (χ0) is 26.9. The molecule has 0 spiro atoms. The first-order valence-electron chi connectivity index (χ1n) is 13.8. The van der Waals surface area contributed by atoms with Gasteiger partial charge in [-0.1, -0.05) is 12.8 Å². The number of hydrogen-bond acceptors (Lipinski definition) is 9. The molecule has 204 valence electrons. The van der Waals surface area contributed by atoms with E-state index in [0.717, 1.165) is 68.8 Å². The number of carbonyl (C=O) groups excluding carboxylic acids is 2. The Kier molecular flexibility index (Phi) is 7.52. The van der Waals surface area contributed by atoms with Crippen molar-refractivity contribution in [1.29, 1.82) is 0 Å². The Hall–Kier alpha value is -3.27. The van der Waals surface area contributed by atoms with Gasteiger partial charge in [-0.15, -0.1) is 0 Å². The maximum atomic E-state index is 13.1. The van der Waals surface area contributed by atoms with Crippen molar-refractivity contribution < 1.29 is 9.59 Å². The van der Waals surface area contributed by atoms with Gasteiger partial charge in [0, 0.05) is 40.3 Å². The Labute approximate surface area is 225 Å². The van der Waals surface area contributed by atoms with Gasteiger partial charge in [0.2, 0.25) is 5.96 Å². The van der Waals surface area contributed by atoms with E-state index < -0.39 is 5.41 Å². The van der Waals surface area contributed by atoms with E-state index in [1.165, 1.54) is 12.8 Å². The highest BCUT2D eigenvalue weighted by molar-refractivity contribution is 6.12. The molecule has 2 unspecified atom stereocenters. The largest absolute Gasteiger partial charge is 0.372 e. The fraction of sp³-hybridized carbons (Fsp3) is 0.607. The van der Waals surface area contributed by atoms with E-state index in [1.807, 2.05) is 25.4 Å². The smallest absolute Gasteiger partial charge is 0.269 e. The second-order valence-electron chi connectivity index (χ2n) is 11.4. The van der Waals surface area contributed by atoms with E-state index in [9.17, 15) is 9.59 Å². The third kappa shape index (κ3) is 5.18. The first-order chi connectivity index (χ1) is 18.3. The van der Waals surface area contributed by atoms with Gasteiger partial charge in [0.25, 0.3) is 5.91 Å². The Morgan fingerprint density at radius 1 is 1.18 bits per heavy atom. The fourth-order valence-electron chi connectivity index (χ4n) is 5.98. The van der Waals surface area contributed by atoms with Gasteiger partial charge in [-0.25, -0.2) is 9.98 Å². The normalized spacial score (nSPS) is 25.5. The number of nitrogens with zero attached hydrogens (tertiary/aromatic N) is 7. The topological polar surface area (TPSA) is 96.7 Å². The summed E-state index contributed by atoms with van der Waals surface area (Å²) in [6, 6.07) is 4.33. The quantitative estimate of drug-likeness (QED) is 0.527. The van der Waals surface area contributed by atoms with Crippen LogP contribution in [0.2, 0.25) is 0 Å². The van der Waals surface area contributed by atoms with Crippen molar-refractivity contribution in [2.75, 3.05) is 57.5 Å². The van der Waals surface area contributed by atoms with E-state index >= 15 is 0 Å². The molecule has 4 aliphatic rings. The number of likely N-dealkylation sites (N-methyl/N-ethyl adjacent to an activating group) is 2. The number of fused-ring (bicyclic) bond motifs is 1. The van der Waals surface area contributed by atoms with Gasteiger partial charge in [-0.3, -0.25) is 9.69 Å². The molecule has 1 aromatic heterocycles. The van der Waals surface area contributed by atoms with Gasteiger partial charge in [0.15, 0.2) is 0 Å². The third-order valence-electron chi connectivity index (χ3n) is 8.26. The fourth-order valence-corrected chi connectivity index (χ4v) is 5.98. The maximum absolute atomic E-state index is 13.1. The highest BCUT2D eigenvalue weighted by Gasteiger charge is 2.47. The average Bonchev–Trinajstić information content (AvgIpc) is 3.66. The van der Waals surface area contributed by atoms with E-state index in [-0.39, 0.29) is 11.9 Å². The molecule has 1 saturated carbocycles. The number of likely N-dealkylation sites (tertiary alicyclic amines) is 1. The van der Waals surface area contributed by atoms with E-state index in [4.69, 9.17) is 9.98 Å². The number of pyridine rings is 1. The number of amides is 1. The van der Waals surface area contributed by atoms with E-state index in [1.54, 1.807) is 19.0 Å². The first kappa shape index (κ1) is 26.3. The van der Waals surface area contributed by atoms with Crippen LogP contribution in [0.15, 0.2) is 40.1 Å². The van der Waals surface area contributed by atoms with Crippen molar-refractivity contribution in [2.45, 2.75) is 57.5 Å². The summed E-state index contributed by atoms with van der Waals surface area (Å²) < 4.78 is 0. The van der Waals surface area contributed by atoms with Crippen molar-refractivity contribution in [3.8, 4) is 0 Å². The van der Waals surface area contributed by atoms with Crippen molar-refractivity contribution in [3.63, 3.8) is 0 Å². The lowest BCUT2D eigenvalue weighted by atomic mass is 9.89. The summed E-state index contributed by atoms with van der Waals surface area (Å²) >= 11 is 0. The van der Waals surface area contributed by atoms with Crippen LogP contribution in [0.3, 0.4) is 0 Å². The number of hydrogen-bond donors (Lipinski definition) is 1. The lowest BCUT2D eigenvalue weighted by Crippen LogP contribution is -2.46. The summed E-state index contributed by atoms with van der Waals surface area (Å²) in [6.45, 7) is 5.32. The minimum atomic E-state index is -0.396. The summed E-state index contributed by atoms with van der Waals surface area (Å²) in [5.74, 6) is 2.11. The number of rotatable bonds is 8. The summed E-state index contributed by atoms with van der Waals surface area (Å²) in [6.07, 6.45) is 11.5. The molecule has 0 aromatic carbocycles. The molecule has 1 N–H and O–H groups in total. The van der Waals surface area contributed by atoms with Crippen molar-refractivity contribution in [1.82, 2.24) is 19.7 Å². The number of amidine groups is 1. The number of anilines is 2. The predicted octanol–water partition coefficient (Wildman–Crippen LogP) is 2.60. The zero-order valence-electron chi connectivity index (χ0n) is 23.1. The van der Waals surface area contributed by atoms with Crippen LogP contribution in [-0.4, -0.2) is 103 Å². The van der Waals surface area contributed by atoms with Crippen LogP contribution < -0.4 is 10.2 Å². The summed E-state index contributed by atoms with van der Waals surface area (Å²) in [4.78, 5) is 46.9. The Balaban J connectivity index is 1.26. The number of guanidine groups is 1.